The van der Waals surface area contributed by atoms with Gasteiger partial charge in [-0.3, -0.25) is 9.48 Å². The second-order valence-corrected chi connectivity index (χ2v) is 6.25. The molecule has 1 aliphatic rings. The summed E-state index contributed by atoms with van der Waals surface area (Å²) in [7, 11) is 1.89. The summed E-state index contributed by atoms with van der Waals surface area (Å²) in [5.74, 6) is -0.156. The first-order chi connectivity index (χ1) is 11.0. The maximum atomic E-state index is 13.5. The molecule has 1 atom stereocenters. The van der Waals surface area contributed by atoms with Crippen LogP contribution in [0.25, 0.3) is 0 Å². The van der Waals surface area contributed by atoms with Crippen molar-refractivity contribution in [3.63, 3.8) is 0 Å². The average molecular weight is 315 g/mol. The first-order valence-corrected chi connectivity index (χ1v) is 8.01. The number of hydrogen-bond acceptors (Lipinski definition) is 2. The van der Waals surface area contributed by atoms with E-state index in [0.29, 0.717) is 6.42 Å². The molecule has 23 heavy (non-hydrogen) atoms. The van der Waals surface area contributed by atoms with Gasteiger partial charge in [0.1, 0.15) is 5.82 Å². The first-order valence-electron chi connectivity index (χ1n) is 8.01. The van der Waals surface area contributed by atoms with Crippen LogP contribution in [0.15, 0.2) is 24.3 Å². The lowest BCUT2D eigenvalue weighted by Gasteiger charge is -2.25. The standard InChI is InChI=1S/C18H22FN3O/c1-12-16(13(2)21(3)20-12)11-18(23)22-9-5-8-17(22)14-6-4-7-15(19)10-14/h4,6-7,10,17H,5,8-9,11H2,1-3H3/t17-/m1/s1. The van der Waals surface area contributed by atoms with Crippen LogP contribution < -0.4 is 0 Å². The Kier molecular flexibility index (Phi) is 4.20. The predicted octanol–water partition coefficient (Wildman–Crippen LogP) is 3.08. The molecule has 1 aliphatic heterocycles. The highest BCUT2D eigenvalue weighted by Gasteiger charge is 2.30. The van der Waals surface area contributed by atoms with Crippen LogP contribution in [0.3, 0.4) is 0 Å². The number of carbonyl (C=O) groups excluding carboxylic acids is 1. The predicted molar refractivity (Wildman–Crippen MR) is 86.5 cm³/mol. The second kappa shape index (κ2) is 6.14. The van der Waals surface area contributed by atoms with Crippen molar-refractivity contribution in [3.8, 4) is 0 Å². The molecule has 0 radical (unpaired) electrons. The van der Waals surface area contributed by atoms with Crippen LogP contribution in [0, 0.1) is 19.7 Å². The van der Waals surface area contributed by atoms with Crippen molar-refractivity contribution < 1.29 is 9.18 Å². The second-order valence-electron chi connectivity index (χ2n) is 6.25. The Hall–Kier alpha value is -2.17. The number of rotatable bonds is 3. The fraction of sp³-hybridized carbons (Fsp3) is 0.444. The lowest BCUT2D eigenvalue weighted by Crippen LogP contribution is -2.32. The fourth-order valence-electron chi connectivity index (χ4n) is 3.45. The first kappa shape index (κ1) is 15.7. The van der Waals surface area contributed by atoms with Gasteiger partial charge in [-0.05, 0) is 44.4 Å². The summed E-state index contributed by atoms with van der Waals surface area (Å²) in [6.07, 6.45) is 2.20. The molecule has 5 heteroatoms. The van der Waals surface area contributed by atoms with Crippen molar-refractivity contribution in [2.75, 3.05) is 6.54 Å². The monoisotopic (exact) mass is 315 g/mol. The Morgan fingerprint density at radius 2 is 2.17 bits per heavy atom. The molecule has 0 unspecified atom stereocenters. The van der Waals surface area contributed by atoms with Crippen LogP contribution in [0.2, 0.25) is 0 Å². The molecular formula is C18H22FN3O. The van der Waals surface area contributed by atoms with Gasteiger partial charge in [0.2, 0.25) is 5.91 Å². The molecule has 0 spiro atoms. The lowest BCUT2D eigenvalue weighted by atomic mass is 10.0. The van der Waals surface area contributed by atoms with Crippen LogP contribution in [-0.4, -0.2) is 27.1 Å². The Balaban J connectivity index is 1.81. The van der Waals surface area contributed by atoms with Gasteiger partial charge in [0, 0.05) is 24.8 Å². The summed E-state index contributed by atoms with van der Waals surface area (Å²) >= 11 is 0. The number of aryl methyl sites for hydroxylation is 2. The highest BCUT2D eigenvalue weighted by atomic mass is 19.1. The van der Waals surface area contributed by atoms with Crippen LogP contribution in [0.1, 0.15) is 41.4 Å². The Labute approximate surface area is 135 Å². The number of likely N-dealkylation sites (tertiary alicyclic amines) is 1. The van der Waals surface area contributed by atoms with Gasteiger partial charge in [-0.15, -0.1) is 0 Å². The van der Waals surface area contributed by atoms with E-state index in [0.717, 1.165) is 41.9 Å². The van der Waals surface area contributed by atoms with Gasteiger partial charge >= 0.3 is 0 Å². The van der Waals surface area contributed by atoms with Gasteiger partial charge < -0.3 is 4.90 Å². The average Bonchev–Trinajstić information content (AvgIpc) is 3.08. The maximum Gasteiger partial charge on any atom is 0.227 e. The minimum atomic E-state index is -0.249. The molecule has 0 saturated carbocycles. The lowest BCUT2D eigenvalue weighted by molar-refractivity contribution is -0.131. The summed E-state index contributed by atoms with van der Waals surface area (Å²) < 4.78 is 15.3. The zero-order valence-corrected chi connectivity index (χ0v) is 13.8. The number of benzene rings is 1. The van der Waals surface area contributed by atoms with E-state index in [1.165, 1.54) is 12.1 Å². The van der Waals surface area contributed by atoms with E-state index in [2.05, 4.69) is 5.10 Å². The van der Waals surface area contributed by atoms with Gasteiger partial charge in [0.05, 0.1) is 18.2 Å². The molecule has 0 N–H and O–H groups in total. The molecule has 2 heterocycles. The van der Waals surface area contributed by atoms with E-state index in [-0.39, 0.29) is 17.8 Å². The summed E-state index contributed by atoms with van der Waals surface area (Å²) in [6, 6.07) is 6.57. The highest BCUT2D eigenvalue weighted by Crippen LogP contribution is 2.33. The van der Waals surface area contributed by atoms with Crippen LogP contribution in [-0.2, 0) is 18.3 Å². The summed E-state index contributed by atoms with van der Waals surface area (Å²) in [4.78, 5) is 14.7. The normalized spacial score (nSPS) is 17.7. The van der Waals surface area contributed by atoms with E-state index in [1.807, 2.05) is 36.5 Å². The molecule has 2 aromatic rings. The fourth-order valence-corrected chi connectivity index (χ4v) is 3.45. The van der Waals surface area contributed by atoms with Gasteiger partial charge in [-0.2, -0.15) is 5.10 Å². The third-order valence-electron chi connectivity index (χ3n) is 4.79. The van der Waals surface area contributed by atoms with Crippen molar-refractivity contribution in [3.05, 3.63) is 52.6 Å². The molecule has 1 aromatic carbocycles. The van der Waals surface area contributed by atoms with Gasteiger partial charge in [-0.1, -0.05) is 12.1 Å². The molecule has 0 aliphatic carbocycles. The smallest absolute Gasteiger partial charge is 0.227 e. The molecule has 122 valence electrons. The number of carbonyl (C=O) groups is 1. The topological polar surface area (TPSA) is 38.1 Å². The minimum Gasteiger partial charge on any atom is -0.335 e. The quantitative estimate of drug-likeness (QED) is 0.873. The van der Waals surface area contributed by atoms with Gasteiger partial charge in [-0.25, -0.2) is 4.39 Å². The minimum absolute atomic E-state index is 0.0181. The van der Waals surface area contributed by atoms with Crippen LogP contribution in [0.4, 0.5) is 4.39 Å². The molecule has 1 saturated heterocycles. The zero-order chi connectivity index (χ0) is 16.6. The number of hydrogen-bond donors (Lipinski definition) is 0. The van der Waals surface area contributed by atoms with Crippen molar-refractivity contribution in [2.24, 2.45) is 7.05 Å². The Bertz CT molecular complexity index is 738. The molecule has 1 amide bonds. The molecule has 0 bridgehead atoms. The third kappa shape index (κ3) is 3.00. The molecular weight excluding hydrogens is 293 g/mol. The van der Waals surface area contributed by atoms with Crippen molar-refractivity contribution in [1.82, 2.24) is 14.7 Å². The number of amides is 1. The third-order valence-corrected chi connectivity index (χ3v) is 4.79. The summed E-state index contributed by atoms with van der Waals surface area (Å²) in [6.45, 7) is 4.65. The zero-order valence-electron chi connectivity index (χ0n) is 13.8. The van der Waals surface area contributed by atoms with E-state index in [1.54, 1.807) is 6.07 Å². The Morgan fingerprint density at radius 1 is 1.39 bits per heavy atom. The van der Waals surface area contributed by atoms with Gasteiger partial charge in [0.25, 0.3) is 0 Å². The number of aromatic nitrogens is 2. The summed E-state index contributed by atoms with van der Waals surface area (Å²) in [5, 5.41) is 4.38. The maximum absolute atomic E-state index is 13.5. The van der Waals surface area contributed by atoms with Crippen molar-refractivity contribution in [2.45, 2.75) is 39.2 Å². The van der Waals surface area contributed by atoms with E-state index < -0.39 is 0 Å². The van der Waals surface area contributed by atoms with Crippen molar-refractivity contribution >= 4 is 5.91 Å². The molecule has 4 nitrogen and oxygen atoms in total. The highest BCUT2D eigenvalue weighted by molar-refractivity contribution is 5.80. The SMILES string of the molecule is Cc1nn(C)c(C)c1CC(=O)N1CCC[C@@H]1c1cccc(F)c1. The molecule has 1 fully saturated rings. The van der Waals surface area contributed by atoms with E-state index in [9.17, 15) is 9.18 Å². The molecule has 1 aromatic heterocycles. The number of nitrogens with zero attached hydrogens (tertiary/aromatic N) is 3. The van der Waals surface area contributed by atoms with Crippen LogP contribution in [0.5, 0.6) is 0 Å². The van der Waals surface area contributed by atoms with Crippen molar-refractivity contribution in [1.29, 1.82) is 0 Å². The molecule has 3 rings (SSSR count). The largest absolute Gasteiger partial charge is 0.335 e. The van der Waals surface area contributed by atoms with E-state index in [4.69, 9.17) is 0 Å². The van der Waals surface area contributed by atoms with Crippen LogP contribution >= 0.6 is 0 Å². The summed E-state index contributed by atoms with van der Waals surface area (Å²) in [5.41, 5.74) is 3.81. The number of halogens is 1. The van der Waals surface area contributed by atoms with Gasteiger partial charge in [0.15, 0.2) is 0 Å². The van der Waals surface area contributed by atoms with E-state index >= 15 is 0 Å². The Morgan fingerprint density at radius 3 is 2.83 bits per heavy atom.